The highest BCUT2D eigenvalue weighted by molar-refractivity contribution is 6.01. The van der Waals surface area contributed by atoms with E-state index in [1.54, 1.807) is 37.7 Å². The Hall–Kier alpha value is -3.63. The van der Waals surface area contributed by atoms with E-state index in [0.29, 0.717) is 30.6 Å². The Morgan fingerprint density at radius 1 is 1.10 bits per heavy atom. The van der Waals surface area contributed by atoms with Gasteiger partial charge in [-0.1, -0.05) is 67.6 Å². The third-order valence-corrected chi connectivity index (χ3v) is 8.44. The fraction of sp³-hybridized carbons (Fsp3) is 0.516. The lowest BCUT2D eigenvalue weighted by molar-refractivity contribution is -0.164. The number of hydrogen-bond donors (Lipinski definition) is 2. The van der Waals surface area contributed by atoms with Crippen LogP contribution in [0.4, 0.5) is 0 Å². The molecule has 1 aliphatic carbocycles. The van der Waals surface area contributed by atoms with Crippen molar-refractivity contribution in [2.75, 3.05) is 13.6 Å². The molecular weight excluding hydrogens is 522 g/mol. The number of carbonyl (C=O) groups is 3. The van der Waals surface area contributed by atoms with E-state index in [1.165, 1.54) is 12.6 Å². The van der Waals surface area contributed by atoms with Crippen molar-refractivity contribution < 1.29 is 24.2 Å². The SMILES string of the molecule is CN1C[C@@H](n2nncc2C(C)(C)O)C[C@H]1C(=O)OC(=O)[C@H](CC1CCCCC1)NC(=O)c1ccc2ccccc2c1. The Kier molecular flexibility index (Phi) is 8.51. The van der Waals surface area contributed by atoms with E-state index in [4.69, 9.17) is 4.74 Å². The highest BCUT2D eigenvalue weighted by Crippen LogP contribution is 2.31. The first-order valence-corrected chi connectivity index (χ1v) is 14.5. The second-order valence-corrected chi connectivity index (χ2v) is 12.0. The normalized spacial score (nSPS) is 21.1. The number of likely N-dealkylation sites (N-methyl/N-ethyl adjacent to an activating group) is 1. The number of amides is 1. The lowest BCUT2D eigenvalue weighted by atomic mass is 9.84. The molecule has 10 nitrogen and oxygen atoms in total. The number of aromatic nitrogens is 3. The van der Waals surface area contributed by atoms with Gasteiger partial charge in [0, 0.05) is 12.1 Å². The van der Waals surface area contributed by atoms with Crippen LogP contribution in [0.3, 0.4) is 0 Å². The quantitative estimate of drug-likeness (QED) is 0.315. The molecule has 1 aliphatic heterocycles. The van der Waals surface area contributed by atoms with Crippen molar-refractivity contribution in [3.05, 3.63) is 59.9 Å². The third-order valence-electron chi connectivity index (χ3n) is 8.44. The molecule has 2 N–H and O–H groups in total. The van der Waals surface area contributed by atoms with Gasteiger partial charge in [0.2, 0.25) is 0 Å². The van der Waals surface area contributed by atoms with Gasteiger partial charge in [0.1, 0.15) is 17.7 Å². The van der Waals surface area contributed by atoms with Crippen LogP contribution < -0.4 is 5.32 Å². The largest absolute Gasteiger partial charge is 0.390 e. The second-order valence-electron chi connectivity index (χ2n) is 12.0. The van der Waals surface area contributed by atoms with Gasteiger partial charge in [0.25, 0.3) is 5.91 Å². The molecule has 0 radical (unpaired) electrons. The van der Waals surface area contributed by atoms with Crippen LogP contribution in [0.25, 0.3) is 10.8 Å². The summed E-state index contributed by atoms with van der Waals surface area (Å²) in [4.78, 5) is 41.8. The fourth-order valence-corrected chi connectivity index (χ4v) is 6.16. The summed E-state index contributed by atoms with van der Waals surface area (Å²) in [6.07, 6.45) is 7.62. The molecule has 2 fully saturated rings. The monoisotopic (exact) mass is 561 g/mol. The van der Waals surface area contributed by atoms with Crippen LogP contribution in [0, 0.1) is 5.92 Å². The predicted octanol–water partition coefficient (Wildman–Crippen LogP) is 3.74. The van der Waals surface area contributed by atoms with Gasteiger partial charge < -0.3 is 15.2 Å². The molecule has 1 aromatic heterocycles. The van der Waals surface area contributed by atoms with Crippen LogP contribution in [0.5, 0.6) is 0 Å². The van der Waals surface area contributed by atoms with Gasteiger partial charge in [0.15, 0.2) is 0 Å². The van der Waals surface area contributed by atoms with Crippen molar-refractivity contribution in [1.82, 2.24) is 25.2 Å². The van der Waals surface area contributed by atoms with Crippen LogP contribution in [0.15, 0.2) is 48.7 Å². The molecule has 2 aliphatic rings. The minimum absolute atomic E-state index is 0.220. The molecule has 2 heterocycles. The minimum Gasteiger partial charge on any atom is -0.390 e. The Morgan fingerprint density at radius 2 is 1.83 bits per heavy atom. The average molecular weight is 562 g/mol. The number of benzene rings is 2. The van der Waals surface area contributed by atoms with E-state index in [1.807, 2.05) is 35.2 Å². The standard InChI is InChI=1S/C31H39N5O5/c1-31(2,40)27-18-32-34-36(27)24-17-26(35(3)19-24)30(39)41-29(38)25(15-20-9-5-4-6-10-20)33-28(37)23-14-13-21-11-7-8-12-22(21)16-23/h7-8,11-14,16,18,20,24-26,40H,4-6,9-10,15,17,19H2,1-3H3,(H,33,37)/t24-,25-,26-/m0/s1. The summed E-state index contributed by atoms with van der Waals surface area (Å²) in [5, 5.41) is 23.4. The summed E-state index contributed by atoms with van der Waals surface area (Å²) in [5.74, 6) is -1.48. The van der Waals surface area contributed by atoms with Gasteiger partial charge in [0.05, 0.1) is 17.9 Å². The number of nitrogens with one attached hydrogen (secondary N) is 1. The molecule has 41 heavy (non-hydrogen) atoms. The van der Waals surface area contributed by atoms with E-state index in [-0.39, 0.29) is 17.9 Å². The molecule has 1 saturated carbocycles. The van der Waals surface area contributed by atoms with Gasteiger partial charge in [-0.2, -0.15) is 0 Å². The van der Waals surface area contributed by atoms with Crippen LogP contribution in [-0.2, 0) is 19.9 Å². The zero-order chi connectivity index (χ0) is 29.1. The average Bonchev–Trinajstić information content (AvgIpc) is 3.60. The van der Waals surface area contributed by atoms with E-state index in [9.17, 15) is 19.5 Å². The maximum absolute atomic E-state index is 13.4. The summed E-state index contributed by atoms with van der Waals surface area (Å²) < 4.78 is 7.09. The summed E-state index contributed by atoms with van der Waals surface area (Å²) in [6, 6.07) is 11.4. The number of likely N-dealkylation sites (tertiary alicyclic amines) is 1. The molecule has 2 aromatic carbocycles. The van der Waals surface area contributed by atoms with Crippen LogP contribution >= 0.6 is 0 Å². The first-order chi connectivity index (χ1) is 19.6. The van der Waals surface area contributed by atoms with Crippen LogP contribution in [0.1, 0.15) is 80.9 Å². The second kappa shape index (κ2) is 12.1. The molecule has 0 unspecified atom stereocenters. The first-order valence-electron chi connectivity index (χ1n) is 14.5. The zero-order valence-electron chi connectivity index (χ0n) is 24.0. The number of nitrogens with zero attached hydrogens (tertiary/aromatic N) is 4. The summed E-state index contributed by atoms with van der Waals surface area (Å²) >= 11 is 0. The van der Waals surface area contributed by atoms with E-state index in [0.717, 1.165) is 36.5 Å². The van der Waals surface area contributed by atoms with Crippen molar-refractivity contribution >= 4 is 28.6 Å². The van der Waals surface area contributed by atoms with Gasteiger partial charge in [-0.05, 0) is 62.6 Å². The Balaban J connectivity index is 1.28. The maximum Gasteiger partial charge on any atom is 0.336 e. The van der Waals surface area contributed by atoms with Crippen molar-refractivity contribution in [2.24, 2.45) is 5.92 Å². The van der Waals surface area contributed by atoms with E-state index < -0.39 is 29.6 Å². The molecule has 10 heteroatoms. The molecule has 1 amide bonds. The van der Waals surface area contributed by atoms with Crippen molar-refractivity contribution in [3.63, 3.8) is 0 Å². The fourth-order valence-electron chi connectivity index (χ4n) is 6.16. The molecule has 3 aromatic rings. The highest BCUT2D eigenvalue weighted by atomic mass is 16.6. The van der Waals surface area contributed by atoms with Gasteiger partial charge >= 0.3 is 11.9 Å². The summed E-state index contributed by atoms with van der Waals surface area (Å²) in [5.41, 5.74) is -0.151. The number of fused-ring (bicyclic) bond motifs is 1. The van der Waals surface area contributed by atoms with E-state index >= 15 is 0 Å². The molecule has 1 saturated heterocycles. The summed E-state index contributed by atoms with van der Waals surface area (Å²) in [7, 11) is 1.79. The number of ether oxygens (including phenoxy) is 1. The highest BCUT2D eigenvalue weighted by Gasteiger charge is 2.41. The lowest BCUT2D eigenvalue weighted by Crippen LogP contribution is -2.45. The summed E-state index contributed by atoms with van der Waals surface area (Å²) in [6.45, 7) is 3.79. The molecule has 0 bridgehead atoms. The molecular formula is C31H39N5O5. The molecule has 5 rings (SSSR count). The Morgan fingerprint density at radius 3 is 2.56 bits per heavy atom. The Bertz CT molecular complexity index is 1410. The number of aliphatic hydroxyl groups is 1. The third kappa shape index (κ3) is 6.65. The van der Waals surface area contributed by atoms with Crippen molar-refractivity contribution in [3.8, 4) is 0 Å². The number of hydrogen-bond acceptors (Lipinski definition) is 8. The Labute approximate surface area is 240 Å². The number of rotatable bonds is 8. The van der Waals surface area contributed by atoms with Crippen LogP contribution in [0.2, 0.25) is 0 Å². The maximum atomic E-state index is 13.4. The predicted molar refractivity (Wildman–Crippen MR) is 153 cm³/mol. The smallest absolute Gasteiger partial charge is 0.336 e. The topological polar surface area (TPSA) is 127 Å². The number of carbonyl (C=O) groups excluding carboxylic acids is 3. The van der Waals surface area contributed by atoms with E-state index in [2.05, 4.69) is 15.6 Å². The van der Waals surface area contributed by atoms with Crippen molar-refractivity contribution in [2.45, 2.75) is 82.5 Å². The molecule has 218 valence electrons. The first kappa shape index (κ1) is 28.9. The molecule has 3 atom stereocenters. The van der Waals surface area contributed by atoms with Gasteiger partial charge in [-0.25, -0.2) is 14.3 Å². The number of esters is 2. The minimum atomic E-state index is -1.15. The zero-order valence-corrected chi connectivity index (χ0v) is 24.0. The van der Waals surface area contributed by atoms with Gasteiger partial charge in [-0.3, -0.25) is 9.69 Å². The van der Waals surface area contributed by atoms with Crippen LogP contribution in [-0.4, -0.2) is 68.5 Å². The van der Waals surface area contributed by atoms with Gasteiger partial charge in [-0.15, -0.1) is 5.10 Å². The lowest BCUT2D eigenvalue weighted by Gasteiger charge is -2.26. The van der Waals surface area contributed by atoms with Crippen molar-refractivity contribution in [1.29, 1.82) is 0 Å². The molecule has 0 spiro atoms.